The third kappa shape index (κ3) is 3.77. The van der Waals surface area contributed by atoms with Crippen LogP contribution in [-0.4, -0.2) is 52.3 Å². The summed E-state index contributed by atoms with van der Waals surface area (Å²) in [6.07, 6.45) is 5.68. The zero-order valence-corrected chi connectivity index (χ0v) is 21.0. The minimum absolute atomic E-state index is 0.0113. The predicted molar refractivity (Wildman–Crippen MR) is 132 cm³/mol. The minimum Gasteiger partial charge on any atom is -0.443 e. The second-order valence-electron chi connectivity index (χ2n) is 11.6. The average Bonchev–Trinajstić information content (AvgIpc) is 3.38. The largest absolute Gasteiger partial charge is 0.443 e. The molecule has 35 heavy (non-hydrogen) atoms. The van der Waals surface area contributed by atoms with Gasteiger partial charge < -0.3 is 19.9 Å². The van der Waals surface area contributed by atoms with Gasteiger partial charge in [0.2, 0.25) is 0 Å². The summed E-state index contributed by atoms with van der Waals surface area (Å²) in [5.41, 5.74) is -2.03. The second-order valence-corrected chi connectivity index (χ2v) is 11.6. The van der Waals surface area contributed by atoms with Gasteiger partial charge in [-0.15, -0.1) is 0 Å². The topological polar surface area (TPSA) is 78.5 Å². The van der Waals surface area contributed by atoms with Gasteiger partial charge in [0.05, 0.1) is 6.10 Å². The van der Waals surface area contributed by atoms with E-state index in [0.717, 1.165) is 22.2 Å². The molecule has 0 bridgehead atoms. The van der Waals surface area contributed by atoms with Gasteiger partial charge in [-0.25, -0.2) is 13.8 Å². The van der Waals surface area contributed by atoms with Crippen LogP contribution >= 0.6 is 0 Å². The Morgan fingerprint density at radius 3 is 2.66 bits per heavy atom. The SMILES string of the molecule is CC12CCC3(F)CC4(F)CC(O)CCC4CC[C@]3(O)C1CC=C2c1ccc2ocnc2c1.CNC. The zero-order chi connectivity index (χ0) is 25.1. The Morgan fingerprint density at radius 2 is 1.89 bits per heavy atom. The number of nitrogens with one attached hydrogen (secondary N) is 1. The highest BCUT2D eigenvalue weighted by atomic mass is 19.2. The van der Waals surface area contributed by atoms with Gasteiger partial charge in [-0.1, -0.05) is 19.1 Å². The Kier molecular flexibility index (Phi) is 6.13. The van der Waals surface area contributed by atoms with E-state index in [9.17, 15) is 10.2 Å². The van der Waals surface area contributed by atoms with Crippen molar-refractivity contribution in [2.24, 2.45) is 17.3 Å². The first-order chi connectivity index (χ1) is 16.6. The highest BCUT2D eigenvalue weighted by Gasteiger charge is 2.69. The third-order valence-corrected chi connectivity index (χ3v) is 9.58. The standard InChI is InChI=1S/C26H31F2NO3.C2H7N/c1-23-10-11-25(28)14-24(27)13-18(30)4-3-17(24)8-9-26(25,31)22(23)7-5-19(23)16-2-6-21-20(12-16)29-15-32-21;1-3-2/h2,5-6,12,15,17-18,22,30-31H,3-4,7-11,13-14H2,1H3;3H,1-2H3/t17?,18?,22?,23?,24?,25?,26-;/m0./s1. The van der Waals surface area contributed by atoms with Crippen molar-refractivity contribution in [3.05, 3.63) is 36.2 Å². The quantitative estimate of drug-likeness (QED) is 0.504. The molecular weight excluding hydrogens is 450 g/mol. The maximum atomic E-state index is 16.7. The van der Waals surface area contributed by atoms with Crippen LogP contribution < -0.4 is 5.32 Å². The fourth-order valence-electron chi connectivity index (χ4n) is 7.84. The monoisotopic (exact) mass is 488 g/mol. The second kappa shape index (κ2) is 8.63. The van der Waals surface area contributed by atoms with E-state index in [4.69, 9.17) is 4.42 Å². The van der Waals surface area contributed by atoms with Crippen molar-refractivity contribution in [3.63, 3.8) is 0 Å². The number of fused-ring (bicyclic) bond motifs is 5. The van der Waals surface area contributed by atoms with E-state index in [0.29, 0.717) is 32.1 Å². The Bertz CT molecular complexity index is 1120. The summed E-state index contributed by atoms with van der Waals surface area (Å²) < 4.78 is 38.1. The molecule has 2 aromatic rings. The summed E-state index contributed by atoms with van der Waals surface area (Å²) in [7, 11) is 3.75. The Balaban J connectivity index is 0.000000806. The lowest BCUT2D eigenvalue weighted by atomic mass is 9.52. The average molecular weight is 489 g/mol. The van der Waals surface area contributed by atoms with Gasteiger partial charge >= 0.3 is 0 Å². The zero-order valence-electron chi connectivity index (χ0n) is 21.0. The van der Waals surface area contributed by atoms with E-state index < -0.39 is 23.0 Å². The highest BCUT2D eigenvalue weighted by molar-refractivity contribution is 5.81. The number of oxazole rings is 1. The van der Waals surface area contributed by atoms with Crippen LogP contribution in [0.15, 0.2) is 35.1 Å². The van der Waals surface area contributed by atoms with E-state index in [1.54, 1.807) is 0 Å². The molecule has 4 aliphatic rings. The van der Waals surface area contributed by atoms with Gasteiger partial charge in [0.1, 0.15) is 22.5 Å². The normalized spacial score (nSPS) is 42.7. The number of aliphatic hydroxyl groups excluding tert-OH is 1. The predicted octanol–water partition coefficient (Wildman–Crippen LogP) is 5.36. The minimum atomic E-state index is -1.98. The molecule has 7 atom stereocenters. The van der Waals surface area contributed by atoms with Crippen LogP contribution in [0, 0.1) is 17.3 Å². The maximum absolute atomic E-state index is 16.7. The molecule has 1 aromatic carbocycles. The molecule has 3 fully saturated rings. The number of halogens is 2. The van der Waals surface area contributed by atoms with Gasteiger partial charge in [-0.3, -0.25) is 0 Å². The van der Waals surface area contributed by atoms with Crippen molar-refractivity contribution in [1.29, 1.82) is 0 Å². The summed E-state index contributed by atoms with van der Waals surface area (Å²) in [5, 5.41) is 24.9. The van der Waals surface area contributed by atoms with E-state index in [1.807, 2.05) is 32.3 Å². The number of rotatable bonds is 1. The van der Waals surface area contributed by atoms with Gasteiger partial charge in [0, 0.05) is 18.8 Å². The van der Waals surface area contributed by atoms with E-state index in [-0.39, 0.29) is 42.9 Å². The van der Waals surface area contributed by atoms with Crippen molar-refractivity contribution in [2.75, 3.05) is 14.1 Å². The molecule has 0 amide bonds. The van der Waals surface area contributed by atoms with Gasteiger partial charge in [0.25, 0.3) is 0 Å². The van der Waals surface area contributed by atoms with Gasteiger partial charge in [-0.05, 0) is 93.6 Å². The van der Waals surface area contributed by atoms with Crippen LogP contribution in [0.3, 0.4) is 0 Å². The van der Waals surface area contributed by atoms with Crippen molar-refractivity contribution in [1.82, 2.24) is 10.3 Å². The van der Waals surface area contributed by atoms with E-state index >= 15 is 8.78 Å². The van der Waals surface area contributed by atoms with Crippen molar-refractivity contribution in [2.45, 2.75) is 87.8 Å². The molecular formula is C28H38F2N2O3. The van der Waals surface area contributed by atoms with Crippen LogP contribution in [0.1, 0.15) is 70.3 Å². The molecule has 0 radical (unpaired) electrons. The van der Waals surface area contributed by atoms with Crippen LogP contribution in [0.25, 0.3) is 16.7 Å². The fraction of sp³-hybridized carbons (Fsp3) is 0.679. The molecule has 6 unspecified atom stereocenters. The first-order valence-corrected chi connectivity index (χ1v) is 13.0. The first kappa shape index (κ1) is 24.8. The highest BCUT2D eigenvalue weighted by Crippen LogP contribution is 2.67. The number of hydrogen-bond donors (Lipinski definition) is 3. The molecule has 4 aliphatic carbocycles. The molecule has 192 valence electrons. The molecule has 6 rings (SSSR count). The Labute approximate surface area is 206 Å². The summed E-state index contributed by atoms with van der Waals surface area (Å²) in [5.74, 6) is -0.590. The third-order valence-electron chi connectivity index (χ3n) is 9.58. The first-order valence-electron chi connectivity index (χ1n) is 13.0. The van der Waals surface area contributed by atoms with Crippen LogP contribution in [-0.2, 0) is 0 Å². The van der Waals surface area contributed by atoms with E-state index in [1.165, 1.54) is 6.39 Å². The van der Waals surface area contributed by atoms with Gasteiger partial charge in [-0.2, -0.15) is 0 Å². The molecule has 1 aromatic heterocycles. The number of nitrogens with zero attached hydrogens (tertiary/aromatic N) is 1. The number of alkyl halides is 2. The summed E-state index contributed by atoms with van der Waals surface area (Å²) in [6.45, 7) is 2.13. The van der Waals surface area contributed by atoms with Crippen molar-refractivity contribution < 1.29 is 23.4 Å². The summed E-state index contributed by atoms with van der Waals surface area (Å²) in [6, 6.07) is 5.91. The van der Waals surface area contributed by atoms with E-state index in [2.05, 4.69) is 23.3 Å². The summed E-state index contributed by atoms with van der Waals surface area (Å²) >= 11 is 0. The number of aliphatic hydroxyl groups is 2. The molecule has 3 saturated carbocycles. The molecule has 1 heterocycles. The smallest absolute Gasteiger partial charge is 0.181 e. The van der Waals surface area contributed by atoms with Crippen LogP contribution in [0.2, 0.25) is 0 Å². The number of aromatic nitrogens is 1. The number of benzene rings is 1. The summed E-state index contributed by atoms with van der Waals surface area (Å²) in [4.78, 5) is 4.27. The van der Waals surface area contributed by atoms with Crippen molar-refractivity contribution >= 4 is 16.7 Å². The lowest BCUT2D eigenvalue weighted by Crippen LogP contribution is -2.63. The lowest BCUT2D eigenvalue weighted by molar-refractivity contribution is -0.201. The number of allylic oxidation sites excluding steroid dienone is 2. The Morgan fingerprint density at radius 1 is 1.11 bits per heavy atom. The molecule has 0 spiro atoms. The maximum Gasteiger partial charge on any atom is 0.181 e. The fourth-order valence-corrected chi connectivity index (χ4v) is 7.84. The molecule has 0 aliphatic heterocycles. The molecule has 3 N–H and O–H groups in total. The Hall–Kier alpha value is -1.83. The van der Waals surface area contributed by atoms with Crippen molar-refractivity contribution in [3.8, 4) is 0 Å². The molecule has 5 nitrogen and oxygen atoms in total. The lowest BCUT2D eigenvalue weighted by Gasteiger charge is -2.56. The van der Waals surface area contributed by atoms with Crippen LogP contribution in [0.5, 0.6) is 0 Å². The molecule has 0 saturated heterocycles. The van der Waals surface area contributed by atoms with Crippen LogP contribution in [0.4, 0.5) is 8.78 Å². The molecule has 7 heteroatoms. The van der Waals surface area contributed by atoms with Gasteiger partial charge in [0.15, 0.2) is 12.0 Å². The number of hydrogen-bond acceptors (Lipinski definition) is 5.